The molecule has 0 amide bonds. The topological polar surface area (TPSA) is 77.8 Å². The summed E-state index contributed by atoms with van der Waals surface area (Å²) >= 11 is 0. The second kappa shape index (κ2) is 6.56. The predicted octanol–water partition coefficient (Wildman–Crippen LogP) is 2.05. The lowest BCUT2D eigenvalue weighted by molar-refractivity contribution is -0.0907. The number of nitrogens with zero attached hydrogens (tertiary/aromatic N) is 5. The summed E-state index contributed by atoms with van der Waals surface area (Å²) in [4.78, 5) is 13.0. The first kappa shape index (κ1) is 16.8. The third-order valence-corrected chi connectivity index (χ3v) is 4.47. The van der Waals surface area contributed by atoms with Gasteiger partial charge < -0.3 is 10.1 Å². The molecule has 26 heavy (non-hydrogen) atoms. The largest absolute Gasteiger partial charge is 0.475 e. The van der Waals surface area contributed by atoms with Crippen molar-refractivity contribution in [3.8, 4) is 17.1 Å². The minimum Gasteiger partial charge on any atom is -0.475 e. The average Bonchev–Trinajstić information content (AvgIpc) is 3.06. The Kier molecular flexibility index (Phi) is 4.23. The van der Waals surface area contributed by atoms with Gasteiger partial charge in [-0.3, -0.25) is 9.67 Å². The van der Waals surface area contributed by atoms with E-state index in [1.807, 2.05) is 6.20 Å². The van der Waals surface area contributed by atoms with Crippen molar-refractivity contribution in [1.82, 2.24) is 30.0 Å². The minimum absolute atomic E-state index is 0.144. The van der Waals surface area contributed by atoms with Crippen LogP contribution in [0.2, 0.25) is 0 Å². The van der Waals surface area contributed by atoms with Gasteiger partial charge >= 0.3 is 0 Å². The molecule has 0 saturated carbocycles. The van der Waals surface area contributed by atoms with E-state index in [-0.39, 0.29) is 25.5 Å². The van der Waals surface area contributed by atoms with Gasteiger partial charge in [-0.1, -0.05) is 0 Å². The van der Waals surface area contributed by atoms with Crippen LogP contribution in [0.3, 0.4) is 0 Å². The van der Waals surface area contributed by atoms with Crippen LogP contribution >= 0.6 is 0 Å². The van der Waals surface area contributed by atoms with E-state index in [0.717, 1.165) is 5.56 Å². The van der Waals surface area contributed by atoms with Crippen molar-refractivity contribution in [1.29, 1.82) is 0 Å². The fraction of sp³-hybridized carbons (Fsp3) is 0.412. The lowest BCUT2D eigenvalue weighted by Gasteiger charge is -2.31. The molecule has 4 rings (SSSR count). The Morgan fingerprint density at radius 2 is 2.19 bits per heavy atom. The van der Waals surface area contributed by atoms with E-state index < -0.39 is 11.8 Å². The average molecular weight is 360 g/mol. The highest BCUT2D eigenvalue weighted by Crippen LogP contribution is 2.32. The van der Waals surface area contributed by atoms with Crippen LogP contribution in [-0.2, 0) is 7.05 Å². The van der Waals surface area contributed by atoms with E-state index in [1.54, 1.807) is 30.2 Å². The van der Waals surface area contributed by atoms with Gasteiger partial charge in [0.1, 0.15) is 0 Å². The van der Waals surface area contributed by atoms with Crippen LogP contribution < -0.4 is 10.1 Å². The zero-order valence-corrected chi connectivity index (χ0v) is 14.2. The van der Waals surface area contributed by atoms with Crippen LogP contribution in [-0.4, -0.2) is 50.4 Å². The maximum Gasteiger partial charge on any atom is 0.256 e. The van der Waals surface area contributed by atoms with E-state index in [9.17, 15) is 8.78 Å². The van der Waals surface area contributed by atoms with Gasteiger partial charge in [0.25, 0.3) is 5.92 Å². The Labute approximate surface area is 148 Å². The summed E-state index contributed by atoms with van der Waals surface area (Å²) in [5, 5.41) is 7.12. The van der Waals surface area contributed by atoms with Gasteiger partial charge in [-0.2, -0.15) is 5.10 Å². The SMILES string of the molecule is Cn1cc(-c2cc3nccnc3c(OCC3CNCCC3(F)F)n2)cn1. The summed E-state index contributed by atoms with van der Waals surface area (Å²) < 4.78 is 35.5. The molecule has 1 N–H and O–H groups in total. The number of aryl methyl sites for hydroxylation is 1. The molecule has 4 heterocycles. The first-order chi connectivity index (χ1) is 12.5. The molecule has 1 aliphatic heterocycles. The van der Waals surface area contributed by atoms with Crippen molar-refractivity contribution in [3.63, 3.8) is 0 Å². The number of fused-ring (bicyclic) bond motifs is 1. The molecule has 0 aliphatic carbocycles. The van der Waals surface area contributed by atoms with Gasteiger partial charge in [-0.15, -0.1) is 0 Å². The lowest BCUT2D eigenvalue weighted by atomic mass is 9.96. The molecule has 0 spiro atoms. The highest BCUT2D eigenvalue weighted by molar-refractivity contribution is 5.83. The summed E-state index contributed by atoms with van der Waals surface area (Å²) in [5.41, 5.74) is 2.43. The monoisotopic (exact) mass is 360 g/mol. The maximum absolute atomic E-state index is 14.1. The van der Waals surface area contributed by atoms with Crippen molar-refractivity contribution in [2.45, 2.75) is 12.3 Å². The standard InChI is InChI=1S/C17H18F2N6O/c1-25-9-11(7-23-25)13-6-14-15(22-5-4-21-14)16(24-13)26-10-12-8-20-3-2-17(12,18)19/h4-7,9,12,20H,2-3,8,10H2,1H3. The van der Waals surface area contributed by atoms with Crippen LogP contribution in [0.25, 0.3) is 22.3 Å². The van der Waals surface area contributed by atoms with Crippen molar-refractivity contribution < 1.29 is 13.5 Å². The number of halogens is 2. The number of ether oxygens (including phenoxy) is 1. The highest BCUT2D eigenvalue weighted by Gasteiger charge is 2.42. The fourth-order valence-corrected chi connectivity index (χ4v) is 2.99. The first-order valence-corrected chi connectivity index (χ1v) is 8.35. The van der Waals surface area contributed by atoms with E-state index in [1.165, 1.54) is 6.20 Å². The van der Waals surface area contributed by atoms with Crippen molar-refractivity contribution >= 4 is 11.0 Å². The summed E-state index contributed by atoms with van der Waals surface area (Å²) in [6.07, 6.45) is 6.39. The zero-order chi connectivity index (χ0) is 18.1. The number of rotatable bonds is 4. The van der Waals surface area contributed by atoms with Crippen molar-refractivity contribution in [3.05, 3.63) is 30.9 Å². The van der Waals surface area contributed by atoms with Gasteiger partial charge in [0, 0.05) is 50.7 Å². The van der Waals surface area contributed by atoms with E-state index in [0.29, 0.717) is 23.3 Å². The Morgan fingerprint density at radius 1 is 1.35 bits per heavy atom. The third kappa shape index (κ3) is 3.22. The molecule has 1 atom stereocenters. The molecule has 1 saturated heterocycles. The molecule has 9 heteroatoms. The Morgan fingerprint density at radius 3 is 2.96 bits per heavy atom. The highest BCUT2D eigenvalue weighted by atomic mass is 19.3. The normalized spacial score (nSPS) is 19.6. The predicted molar refractivity (Wildman–Crippen MR) is 91.0 cm³/mol. The maximum atomic E-state index is 14.1. The molecule has 3 aromatic rings. The summed E-state index contributed by atoms with van der Waals surface area (Å²) in [6, 6.07) is 1.78. The molecule has 1 aliphatic rings. The van der Waals surface area contributed by atoms with Crippen LogP contribution in [0.5, 0.6) is 5.88 Å². The van der Waals surface area contributed by atoms with Gasteiger partial charge in [0.2, 0.25) is 5.88 Å². The number of nitrogens with one attached hydrogen (secondary N) is 1. The lowest BCUT2D eigenvalue weighted by Crippen LogP contribution is -2.47. The molecule has 3 aromatic heterocycles. The van der Waals surface area contributed by atoms with E-state index >= 15 is 0 Å². The van der Waals surface area contributed by atoms with Crippen molar-refractivity contribution in [2.24, 2.45) is 13.0 Å². The molecular weight excluding hydrogens is 342 g/mol. The molecule has 7 nitrogen and oxygen atoms in total. The van der Waals surface area contributed by atoms with Crippen LogP contribution in [0.15, 0.2) is 30.9 Å². The molecule has 0 bridgehead atoms. The molecule has 0 radical (unpaired) electrons. The zero-order valence-electron chi connectivity index (χ0n) is 14.2. The number of piperidine rings is 1. The van der Waals surface area contributed by atoms with E-state index in [2.05, 4.69) is 25.4 Å². The molecule has 1 fully saturated rings. The molecule has 1 unspecified atom stereocenters. The van der Waals surface area contributed by atoms with Crippen LogP contribution in [0.4, 0.5) is 8.78 Å². The van der Waals surface area contributed by atoms with Gasteiger partial charge in [0.05, 0.1) is 29.9 Å². The van der Waals surface area contributed by atoms with Crippen LogP contribution in [0.1, 0.15) is 6.42 Å². The van der Waals surface area contributed by atoms with Crippen LogP contribution in [0, 0.1) is 5.92 Å². The molecular formula is C17H18F2N6O. The Balaban J connectivity index is 1.67. The molecule has 136 valence electrons. The molecule has 0 aromatic carbocycles. The number of hydrogen-bond donors (Lipinski definition) is 1. The fourth-order valence-electron chi connectivity index (χ4n) is 2.99. The second-order valence-electron chi connectivity index (χ2n) is 6.36. The van der Waals surface area contributed by atoms with Crippen molar-refractivity contribution in [2.75, 3.05) is 19.7 Å². The summed E-state index contributed by atoms with van der Waals surface area (Å²) in [5.74, 6) is -3.46. The van der Waals surface area contributed by atoms with Gasteiger partial charge in [0.15, 0.2) is 5.52 Å². The number of alkyl halides is 2. The minimum atomic E-state index is -2.76. The van der Waals surface area contributed by atoms with E-state index in [4.69, 9.17) is 4.74 Å². The number of hydrogen-bond acceptors (Lipinski definition) is 6. The Hall–Kier alpha value is -2.68. The summed E-state index contributed by atoms with van der Waals surface area (Å²) in [7, 11) is 1.81. The number of aromatic nitrogens is 5. The summed E-state index contributed by atoms with van der Waals surface area (Å²) in [6.45, 7) is 0.376. The third-order valence-electron chi connectivity index (χ3n) is 4.47. The Bertz CT molecular complexity index is 929. The smallest absolute Gasteiger partial charge is 0.256 e. The van der Waals surface area contributed by atoms with Gasteiger partial charge in [-0.25, -0.2) is 18.7 Å². The quantitative estimate of drug-likeness (QED) is 0.767. The first-order valence-electron chi connectivity index (χ1n) is 8.35. The second-order valence-corrected chi connectivity index (χ2v) is 6.36. The van der Waals surface area contributed by atoms with Gasteiger partial charge in [-0.05, 0) is 6.07 Å². The number of pyridine rings is 1.